The van der Waals surface area contributed by atoms with E-state index in [1.807, 2.05) is 30.3 Å². The molecule has 1 saturated carbocycles. The highest BCUT2D eigenvalue weighted by molar-refractivity contribution is 6.01. The van der Waals surface area contributed by atoms with Crippen LogP contribution in [0.3, 0.4) is 0 Å². The zero-order valence-corrected chi connectivity index (χ0v) is 14.8. The molecule has 1 aliphatic rings. The summed E-state index contributed by atoms with van der Waals surface area (Å²) in [6, 6.07) is 10.0. The molecule has 0 heterocycles. The molecule has 1 aliphatic carbocycles. The minimum atomic E-state index is -1.27. The number of esters is 2. The predicted octanol–water partition coefficient (Wildman–Crippen LogP) is 3.70. The maximum atomic E-state index is 12.6. The lowest BCUT2D eigenvalue weighted by atomic mass is 9.76. The Bertz CT molecular complexity index is 602. The van der Waals surface area contributed by atoms with E-state index in [1.54, 1.807) is 13.8 Å². The zero-order valence-electron chi connectivity index (χ0n) is 14.8. The number of hydrogen-bond donors (Lipinski definition) is 0. The van der Waals surface area contributed by atoms with E-state index < -0.39 is 17.4 Å². The molecule has 1 fully saturated rings. The van der Waals surface area contributed by atoms with Crippen LogP contribution >= 0.6 is 0 Å². The summed E-state index contributed by atoms with van der Waals surface area (Å²) in [7, 11) is 0. The smallest absolute Gasteiger partial charge is 0.323 e. The van der Waals surface area contributed by atoms with Crippen molar-refractivity contribution in [3.05, 3.63) is 48.0 Å². The zero-order chi connectivity index (χ0) is 17.8. The van der Waals surface area contributed by atoms with Crippen LogP contribution < -0.4 is 0 Å². The van der Waals surface area contributed by atoms with E-state index in [2.05, 4.69) is 13.5 Å². The van der Waals surface area contributed by atoms with Crippen molar-refractivity contribution in [2.75, 3.05) is 13.2 Å². The van der Waals surface area contributed by atoms with Gasteiger partial charge in [-0.1, -0.05) is 49.4 Å². The SMILES string of the molecule is C=C1CC(C(=O)OCC)(C(=O)OCC)CC1(C)Cc1ccccc1. The van der Waals surface area contributed by atoms with Gasteiger partial charge < -0.3 is 9.47 Å². The Labute approximate surface area is 143 Å². The van der Waals surface area contributed by atoms with Gasteiger partial charge in [-0.15, -0.1) is 0 Å². The molecule has 0 aromatic heterocycles. The lowest BCUT2D eigenvalue weighted by Crippen LogP contribution is -2.41. The fourth-order valence-electron chi connectivity index (χ4n) is 3.58. The van der Waals surface area contributed by atoms with Crippen LogP contribution in [0.5, 0.6) is 0 Å². The van der Waals surface area contributed by atoms with Gasteiger partial charge in [-0.05, 0) is 44.1 Å². The second-order valence-corrected chi connectivity index (χ2v) is 6.70. The van der Waals surface area contributed by atoms with Crippen LogP contribution in [0.1, 0.15) is 39.2 Å². The van der Waals surface area contributed by atoms with Gasteiger partial charge in [-0.2, -0.15) is 0 Å². The molecule has 1 unspecified atom stereocenters. The first-order chi connectivity index (χ1) is 11.4. The fraction of sp³-hybridized carbons (Fsp3) is 0.500. The highest BCUT2D eigenvalue weighted by Gasteiger charge is 2.59. The van der Waals surface area contributed by atoms with Crippen LogP contribution in [0, 0.1) is 10.8 Å². The molecule has 24 heavy (non-hydrogen) atoms. The Morgan fingerprint density at radius 2 is 1.62 bits per heavy atom. The summed E-state index contributed by atoms with van der Waals surface area (Å²) >= 11 is 0. The number of rotatable bonds is 6. The van der Waals surface area contributed by atoms with Gasteiger partial charge in [0.1, 0.15) is 0 Å². The van der Waals surface area contributed by atoms with Crippen molar-refractivity contribution in [2.45, 2.75) is 40.0 Å². The van der Waals surface area contributed by atoms with E-state index in [9.17, 15) is 9.59 Å². The third-order valence-corrected chi connectivity index (χ3v) is 4.83. The highest BCUT2D eigenvalue weighted by Crippen LogP contribution is 2.55. The van der Waals surface area contributed by atoms with E-state index in [0.717, 1.165) is 17.6 Å². The maximum Gasteiger partial charge on any atom is 0.323 e. The Balaban J connectivity index is 2.33. The summed E-state index contributed by atoms with van der Waals surface area (Å²) in [4.78, 5) is 25.2. The van der Waals surface area contributed by atoms with Gasteiger partial charge in [0.15, 0.2) is 5.41 Å². The molecule has 130 valence electrons. The molecule has 1 aromatic rings. The molecule has 1 aromatic carbocycles. The molecule has 4 nitrogen and oxygen atoms in total. The van der Waals surface area contributed by atoms with E-state index in [0.29, 0.717) is 6.42 Å². The van der Waals surface area contributed by atoms with Crippen LogP contribution in [0.15, 0.2) is 42.5 Å². The Kier molecular flexibility index (Phi) is 5.47. The average Bonchev–Trinajstić information content (AvgIpc) is 2.81. The molecule has 2 rings (SSSR count). The van der Waals surface area contributed by atoms with Crippen LogP contribution in [0.25, 0.3) is 0 Å². The number of carbonyl (C=O) groups excluding carboxylic acids is 2. The maximum absolute atomic E-state index is 12.6. The Hall–Kier alpha value is -2.10. The third-order valence-electron chi connectivity index (χ3n) is 4.83. The van der Waals surface area contributed by atoms with Gasteiger partial charge in [0.05, 0.1) is 13.2 Å². The highest BCUT2D eigenvalue weighted by atomic mass is 16.6. The van der Waals surface area contributed by atoms with Crippen molar-refractivity contribution in [1.82, 2.24) is 0 Å². The average molecular weight is 330 g/mol. The van der Waals surface area contributed by atoms with E-state index >= 15 is 0 Å². The van der Waals surface area contributed by atoms with E-state index in [4.69, 9.17) is 9.47 Å². The Morgan fingerprint density at radius 1 is 1.08 bits per heavy atom. The molecule has 0 N–H and O–H groups in total. The van der Waals surface area contributed by atoms with Gasteiger partial charge in [-0.25, -0.2) is 0 Å². The minimum absolute atomic E-state index is 0.238. The first kappa shape index (κ1) is 18.2. The standard InChI is InChI=1S/C20H26O4/c1-5-23-17(21)20(18(22)24-6-2)12-15(3)19(4,14-20)13-16-10-8-7-9-11-16/h7-11H,3,5-6,12-14H2,1-2,4H3. The molecular weight excluding hydrogens is 304 g/mol. The number of carbonyl (C=O) groups is 2. The number of hydrogen-bond acceptors (Lipinski definition) is 4. The van der Waals surface area contributed by atoms with Gasteiger partial charge in [0.25, 0.3) is 0 Å². The second-order valence-electron chi connectivity index (χ2n) is 6.70. The molecule has 4 heteroatoms. The van der Waals surface area contributed by atoms with E-state index in [-0.39, 0.29) is 25.0 Å². The van der Waals surface area contributed by atoms with Crippen LogP contribution in [-0.4, -0.2) is 25.2 Å². The van der Waals surface area contributed by atoms with Crippen LogP contribution in [-0.2, 0) is 25.5 Å². The number of ether oxygens (including phenoxy) is 2. The molecule has 0 saturated heterocycles. The van der Waals surface area contributed by atoms with Crippen LogP contribution in [0.2, 0.25) is 0 Å². The predicted molar refractivity (Wildman–Crippen MR) is 92.3 cm³/mol. The van der Waals surface area contributed by atoms with Crippen molar-refractivity contribution in [3.63, 3.8) is 0 Å². The topological polar surface area (TPSA) is 52.6 Å². The van der Waals surface area contributed by atoms with Crippen LogP contribution in [0.4, 0.5) is 0 Å². The lowest BCUT2D eigenvalue weighted by Gasteiger charge is -2.29. The van der Waals surface area contributed by atoms with E-state index in [1.165, 1.54) is 0 Å². The first-order valence-electron chi connectivity index (χ1n) is 8.44. The monoisotopic (exact) mass is 330 g/mol. The fourth-order valence-corrected chi connectivity index (χ4v) is 3.58. The molecule has 0 aliphatic heterocycles. The normalized spacial score (nSPS) is 22.2. The van der Waals surface area contributed by atoms with Gasteiger partial charge in [0.2, 0.25) is 0 Å². The second kappa shape index (κ2) is 7.20. The largest absolute Gasteiger partial charge is 0.465 e. The van der Waals surface area contributed by atoms with Crippen molar-refractivity contribution < 1.29 is 19.1 Å². The van der Waals surface area contributed by atoms with Crippen molar-refractivity contribution >= 4 is 11.9 Å². The number of benzene rings is 1. The first-order valence-corrected chi connectivity index (χ1v) is 8.44. The molecule has 0 radical (unpaired) electrons. The lowest BCUT2D eigenvalue weighted by molar-refractivity contribution is -0.172. The van der Waals surface area contributed by atoms with Crippen molar-refractivity contribution in [3.8, 4) is 0 Å². The summed E-state index contributed by atoms with van der Waals surface area (Å²) < 4.78 is 10.4. The summed E-state index contributed by atoms with van der Waals surface area (Å²) in [6.07, 6.45) is 1.38. The van der Waals surface area contributed by atoms with Gasteiger partial charge >= 0.3 is 11.9 Å². The van der Waals surface area contributed by atoms with Gasteiger partial charge in [-0.3, -0.25) is 9.59 Å². The van der Waals surface area contributed by atoms with Gasteiger partial charge in [0, 0.05) is 0 Å². The summed E-state index contributed by atoms with van der Waals surface area (Å²) in [5, 5.41) is 0. The Morgan fingerprint density at radius 3 is 2.12 bits per heavy atom. The molecular formula is C20H26O4. The molecule has 0 amide bonds. The summed E-state index contributed by atoms with van der Waals surface area (Å²) in [6.45, 7) is 10.2. The van der Waals surface area contributed by atoms with Crippen molar-refractivity contribution in [2.24, 2.45) is 10.8 Å². The molecule has 0 bridgehead atoms. The van der Waals surface area contributed by atoms with Crippen molar-refractivity contribution in [1.29, 1.82) is 0 Å². The summed E-state index contributed by atoms with van der Waals surface area (Å²) in [5.74, 6) is -0.997. The molecule has 0 spiro atoms. The minimum Gasteiger partial charge on any atom is -0.465 e. The third kappa shape index (κ3) is 3.37. The quantitative estimate of drug-likeness (QED) is 0.453. The number of allylic oxidation sites excluding steroid dienone is 1. The summed E-state index contributed by atoms with van der Waals surface area (Å²) in [5.41, 5.74) is 0.435. The molecule has 1 atom stereocenters.